The van der Waals surface area contributed by atoms with Crippen LogP contribution in [0.1, 0.15) is 5.56 Å². The molecule has 3 nitrogen and oxygen atoms in total. The molecular weight excluding hydrogens is 188 g/mol. The van der Waals surface area contributed by atoms with Crippen molar-refractivity contribution in [1.82, 2.24) is 4.98 Å². The number of aromatic nitrogens is 1. The highest BCUT2D eigenvalue weighted by atomic mass is 35.5. The lowest BCUT2D eigenvalue weighted by molar-refractivity contribution is 0.125. The number of H-pyrrole nitrogens is 1. The molecule has 0 atom stereocenters. The normalized spacial score (nSPS) is 9.92. The van der Waals surface area contributed by atoms with Gasteiger partial charge in [-0.3, -0.25) is 4.84 Å². The van der Waals surface area contributed by atoms with Gasteiger partial charge in [0.15, 0.2) is 0 Å². The van der Waals surface area contributed by atoms with Gasteiger partial charge in [0.05, 0.1) is 6.61 Å². The summed E-state index contributed by atoms with van der Waals surface area (Å²) in [6, 6.07) is 8.05. The first kappa shape index (κ1) is 10.1. The first-order valence-corrected chi connectivity index (χ1v) is 3.78. The second-order valence-corrected chi connectivity index (χ2v) is 2.67. The van der Waals surface area contributed by atoms with Gasteiger partial charge < -0.3 is 4.98 Å². The zero-order chi connectivity index (χ0) is 8.39. The maximum absolute atomic E-state index is 5.00. The van der Waals surface area contributed by atoms with Gasteiger partial charge in [-0.25, -0.2) is 5.90 Å². The first-order chi connectivity index (χ1) is 5.92. The summed E-state index contributed by atoms with van der Waals surface area (Å²) in [6.07, 6.45) is 1.91. The van der Waals surface area contributed by atoms with Gasteiger partial charge in [0, 0.05) is 22.7 Å². The highest BCUT2D eigenvalue weighted by Gasteiger charge is 2.00. The molecule has 4 heteroatoms. The maximum Gasteiger partial charge on any atom is 0.0950 e. The Morgan fingerprint density at radius 3 is 2.85 bits per heavy atom. The number of fused-ring (bicyclic) bond motifs is 1. The molecule has 3 N–H and O–H groups in total. The third kappa shape index (κ3) is 1.83. The molecule has 2 aromatic rings. The van der Waals surface area contributed by atoms with Gasteiger partial charge >= 0.3 is 0 Å². The minimum atomic E-state index is 0. The first-order valence-electron chi connectivity index (χ1n) is 3.78. The summed E-state index contributed by atoms with van der Waals surface area (Å²) in [7, 11) is 0. The Morgan fingerprint density at radius 2 is 2.08 bits per heavy atom. The Morgan fingerprint density at radius 1 is 1.31 bits per heavy atom. The predicted molar refractivity (Wildman–Crippen MR) is 54.5 cm³/mol. The van der Waals surface area contributed by atoms with Crippen molar-refractivity contribution in [2.24, 2.45) is 5.90 Å². The Kier molecular flexibility index (Phi) is 3.31. The monoisotopic (exact) mass is 198 g/mol. The van der Waals surface area contributed by atoms with Crippen molar-refractivity contribution >= 4 is 23.3 Å². The van der Waals surface area contributed by atoms with Crippen LogP contribution in [0.25, 0.3) is 10.9 Å². The fraction of sp³-hybridized carbons (Fsp3) is 0.111. The Bertz CT molecular complexity index is 386. The van der Waals surface area contributed by atoms with Crippen LogP contribution in [0.15, 0.2) is 30.5 Å². The van der Waals surface area contributed by atoms with E-state index in [1.54, 1.807) is 0 Å². The number of hydrogen-bond donors (Lipinski definition) is 2. The van der Waals surface area contributed by atoms with Gasteiger partial charge in [-0.15, -0.1) is 12.4 Å². The molecule has 0 radical (unpaired) electrons. The number of aromatic amines is 1. The number of nitrogens with one attached hydrogen (secondary N) is 1. The van der Waals surface area contributed by atoms with Crippen LogP contribution in [0.4, 0.5) is 0 Å². The lowest BCUT2D eigenvalue weighted by atomic mass is 10.2. The Labute approximate surface area is 82.2 Å². The van der Waals surface area contributed by atoms with Crippen molar-refractivity contribution in [3.05, 3.63) is 36.0 Å². The molecule has 2 rings (SSSR count). The number of rotatable bonds is 2. The van der Waals surface area contributed by atoms with E-state index in [0.717, 1.165) is 11.1 Å². The molecule has 0 aliphatic heterocycles. The van der Waals surface area contributed by atoms with Gasteiger partial charge in [-0.05, 0) is 6.07 Å². The van der Waals surface area contributed by atoms with E-state index in [1.165, 1.54) is 5.39 Å². The molecule has 0 spiro atoms. The van der Waals surface area contributed by atoms with Crippen molar-refractivity contribution in [1.29, 1.82) is 0 Å². The molecule has 0 aliphatic rings. The number of halogens is 1. The molecule has 1 heterocycles. The van der Waals surface area contributed by atoms with E-state index >= 15 is 0 Å². The van der Waals surface area contributed by atoms with E-state index in [0.29, 0.717) is 6.61 Å². The Balaban J connectivity index is 0.000000845. The largest absolute Gasteiger partial charge is 0.361 e. The number of nitrogens with two attached hydrogens (primary N) is 1. The smallest absolute Gasteiger partial charge is 0.0950 e. The van der Waals surface area contributed by atoms with Crippen molar-refractivity contribution in [3.8, 4) is 0 Å². The molecule has 0 amide bonds. The van der Waals surface area contributed by atoms with Gasteiger partial charge in [0.25, 0.3) is 0 Å². The van der Waals surface area contributed by atoms with E-state index < -0.39 is 0 Å². The minimum Gasteiger partial charge on any atom is -0.361 e. The van der Waals surface area contributed by atoms with E-state index in [9.17, 15) is 0 Å². The van der Waals surface area contributed by atoms with Gasteiger partial charge in [0.1, 0.15) is 0 Å². The summed E-state index contributed by atoms with van der Waals surface area (Å²) in [5.74, 6) is 5.00. The quantitative estimate of drug-likeness (QED) is 0.725. The summed E-state index contributed by atoms with van der Waals surface area (Å²) in [5.41, 5.74) is 2.21. The zero-order valence-electron chi connectivity index (χ0n) is 6.99. The minimum absolute atomic E-state index is 0. The summed E-state index contributed by atoms with van der Waals surface area (Å²) in [5, 5.41) is 1.17. The highest BCUT2D eigenvalue weighted by Crippen LogP contribution is 2.17. The van der Waals surface area contributed by atoms with Crippen molar-refractivity contribution in [2.45, 2.75) is 6.61 Å². The molecule has 0 saturated carbocycles. The standard InChI is InChI=1S/C9H10N2O.ClH/c10-12-6-7-5-11-9-4-2-1-3-8(7)9;/h1-5,11H,6,10H2;1H. The fourth-order valence-corrected chi connectivity index (χ4v) is 1.34. The number of hydrogen-bond acceptors (Lipinski definition) is 2. The lowest BCUT2D eigenvalue weighted by Crippen LogP contribution is -1.97. The molecule has 13 heavy (non-hydrogen) atoms. The maximum atomic E-state index is 5.00. The topological polar surface area (TPSA) is 51.0 Å². The SMILES string of the molecule is Cl.NOCc1c[nH]c2ccccc12. The molecule has 0 saturated heterocycles. The second-order valence-electron chi connectivity index (χ2n) is 2.67. The molecule has 0 bridgehead atoms. The van der Waals surface area contributed by atoms with Crippen LogP contribution in [0, 0.1) is 0 Å². The summed E-state index contributed by atoms with van der Waals surface area (Å²) < 4.78 is 0. The molecular formula is C9H11ClN2O. The van der Waals surface area contributed by atoms with Crippen molar-refractivity contribution in [2.75, 3.05) is 0 Å². The van der Waals surface area contributed by atoms with Crippen LogP contribution in [-0.4, -0.2) is 4.98 Å². The van der Waals surface area contributed by atoms with Gasteiger partial charge in [-0.1, -0.05) is 18.2 Å². The lowest BCUT2D eigenvalue weighted by Gasteiger charge is -1.94. The second kappa shape index (κ2) is 4.28. The van der Waals surface area contributed by atoms with Crippen LogP contribution in [0.3, 0.4) is 0 Å². The van der Waals surface area contributed by atoms with Crippen LogP contribution >= 0.6 is 12.4 Å². The van der Waals surface area contributed by atoms with Crippen LogP contribution in [0.2, 0.25) is 0 Å². The molecule has 0 fully saturated rings. The Hall–Kier alpha value is -1.03. The third-order valence-corrected chi connectivity index (χ3v) is 1.91. The van der Waals surface area contributed by atoms with Gasteiger partial charge in [0.2, 0.25) is 0 Å². The van der Waals surface area contributed by atoms with Crippen molar-refractivity contribution in [3.63, 3.8) is 0 Å². The molecule has 70 valence electrons. The fourth-order valence-electron chi connectivity index (χ4n) is 1.34. The molecule has 0 unspecified atom stereocenters. The van der Waals surface area contributed by atoms with Gasteiger partial charge in [-0.2, -0.15) is 0 Å². The van der Waals surface area contributed by atoms with E-state index in [-0.39, 0.29) is 12.4 Å². The zero-order valence-corrected chi connectivity index (χ0v) is 7.80. The van der Waals surface area contributed by atoms with E-state index in [4.69, 9.17) is 5.90 Å². The third-order valence-electron chi connectivity index (χ3n) is 1.91. The summed E-state index contributed by atoms with van der Waals surface area (Å²) in [6.45, 7) is 0.448. The van der Waals surface area contributed by atoms with E-state index in [2.05, 4.69) is 9.82 Å². The van der Waals surface area contributed by atoms with Crippen LogP contribution in [-0.2, 0) is 11.4 Å². The highest BCUT2D eigenvalue weighted by molar-refractivity contribution is 5.85. The summed E-state index contributed by atoms with van der Waals surface area (Å²) >= 11 is 0. The van der Waals surface area contributed by atoms with Crippen LogP contribution < -0.4 is 5.90 Å². The number of benzene rings is 1. The number of para-hydroxylation sites is 1. The van der Waals surface area contributed by atoms with Crippen LogP contribution in [0.5, 0.6) is 0 Å². The molecule has 1 aromatic heterocycles. The van der Waals surface area contributed by atoms with E-state index in [1.807, 2.05) is 30.5 Å². The average molecular weight is 199 g/mol. The average Bonchev–Trinajstić information content (AvgIpc) is 2.50. The molecule has 0 aliphatic carbocycles. The summed E-state index contributed by atoms with van der Waals surface area (Å²) in [4.78, 5) is 7.71. The predicted octanol–water partition coefficient (Wildman–Crippen LogP) is 1.98. The molecule has 1 aromatic carbocycles. The van der Waals surface area contributed by atoms with Crippen molar-refractivity contribution < 1.29 is 4.84 Å².